The van der Waals surface area contributed by atoms with Gasteiger partial charge in [0.2, 0.25) is 5.91 Å². The highest BCUT2D eigenvalue weighted by Gasteiger charge is 2.12. The smallest absolute Gasteiger partial charge is 0.224 e. The van der Waals surface area contributed by atoms with E-state index in [4.69, 9.17) is 0 Å². The van der Waals surface area contributed by atoms with Crippen LogP contribution in [0, 0.1) is 18.6 Å². The van der Waals surface area contributed by atoms with Crippen LogP contribution in [0.5, 0.6) is 5.75 Å². The van der Waals surface area contributed by atoms with Crippen molar-refractivity contribution in [2.75, 3.05) is 5.32 Å². The van der Waals surface area contributed by atoms with Crippen LogP contribution >= 0.6 is 0 Å². The number of rotatable bonds is 4. The Kier molecular flexibility index (Phi) is 4.52. The predicted molar refractivity (Wildman–Crippen MR) is 76.2 cm³/mol. The highest BCUT2D eigenvalue weighted by molar-refractivity contribution is 5.92. The fourth-order valence-corrected chi connectivity index (χ4v) is 1.97. The molecule has 0 unspecified atom stereocenters. The quantitative estimate of drug-likeness (QED) is 0.846. The molecule has 0 radical (unpaired) electrons. The molecule has 3 nitrogen and oxygen atoms in total. The molecule has 0 saturated heterocycles. The number of hydrogen-bond acceptors (Lipinski definition) is 2. The number of phenolic OH excluding ortho intramolecular Hbond substituents is 1. The fraction of sp³-hybridized carbons (Fsp3) is 0.188. The number of halogens is 2. The van der Waals surface area contributed by atoms with Crippen LogP contribution in [0.3, 0.4) is 0 Å². The minimum atomic E-state index is -0.666. The van der Waals surface area contributed by atoms with Crippen LogP contribution < -0.4 is 5.32 Å². The zero-order chi connectivity index (χ0) is 15.4. The van der Waals surface area contributed by atoms with E-state index in [0.29, 0.717) is 0 Å². The summed E-state index contributed by atoms with van der Waals surface area (Å²) in [5.74, 6) is -1.80. The van der Waals surface area contributed by atoms with Crippen molar-refractivity contribution >= 4 is 11.6 Å². The number of nitrogens with one attached hydrogen (secondary N) is 1. The first-order valence-corrected chi connectivity index (χ1v) is 6.49. The van der Waals surface area contributed by atoms with Gasteiger partial charge in [0.05, 0.1) is 5.69 Å². The summed E-state index contributed by atoms with van der Waals surface area (Å²) in [6, 6.07) is 8.39. The van der Waals surface area contributed by atoms with Gasteiger partial charge < -0.3 is 10.4 Å². The highest BCUT2D eigenvalue weighted by Crippen LogP contribution is 2.24. The summed E-state index contributed by atoms with van der Waals surface area (Å²) in [6.45, 7) is 1.82. The van der Waals surface area contributed by atoms with Crippen LogP contribution in [-0.2, 0) is 11.2 Å². The van der Waals surface area contributed by atoms with Gasteiger partial charge in [0, 0.05) is 12.0 Å². The molecule has 2 aromatic rings. The summed E-state index contributed by atoms with van der Waals surface area (Å²) in [7, 11) is 0. The number of aromatic hydroxyl groups is 1. The minimum absolute atomic E-state index is 0.0447. The van der Waals surface area contributed by atoms with E-state index < -0.39 is 17.5 Å². The van der Waals surface area contributed by atoms with Gasteiger partial charge in [-0.2, -0.15) is 0 Å². The van der Waals surface area contributed by atoms with E-state index in [9.17, 15) is 18.7 Å². The Morgan fingerprint density at radius 1 is 1.19 bits per heavy atom. The van der Waals surface area contributed by atoms with Gasteiger partial charge in [0.25, 0.3) is 0 Å². The molecule has 1 amide bonds. The van der Waals surface area contributed by atoms with Crippen LogP contribution in [0.1, 0.15) is 17.5 Å². The van der Waals surface area contributed by atoms with Crippen LogP contribution in [0.4, 0.5) is 14.5 Å². The van der Waals surface area contributed by atoms with Crippen molar-refractivity contribution in [1.82, 2.24) is 0 Å². The third kappa shape index (κ3) is 3.78. The van der Waals surface area contributed by atoms with Gasteiger partial charge in [-0.15, -0.1) is 0 Å². The molecule has 2 N–H and O–H groups in total. The lowest BCUT2D eigenvalue weighted by molar-refractivity contribution is -0.116. The van der Waals surface area contributed by atoms with Gasteiger partial charge in [-0.25, -0.2) is 8.78 Å². The molecule has 0 aliphatic rings. The topological polar surface area (TPSA) is 49.3 Å². The van der Waals surface area contributed by atoms with Gasteiger partial charge in [0.15, 0.2) is 0 Å². The first-order chi connectivity index (χ1) is 9.97. The maximum Gasteiger partial charge on any atom is 0.224 e. The largest absolute Gasteiger partial charge is 0.506 e. The number of amides is 1. The Hall–Kier alpha value is -2.43. The molecule has 2 rings (SSSR count). The molecule has 0 atom stereocenters. The van der Waals surface area contributed by atoms with Crippen molar-refractivity contribution in [2.24, 2.45) is 0 Å². The number of hydrogen-bond donors (Lipinski definition) is 2. The molecular weight excluding hydrogens is 276 g/mol. The summed E-state index contributed by atoms with van der Waals surface area (Å²) in [5, 5.41) is 12.1. The van der Waals surface area contributed by atoms with E-state index in [1.165, 1.54) is 12.1 Å². The molecular formula is C16H15F2NO2. The average Bonchev–Trinajstić information content (AvgIpc) is 2.42. The number of benzene rings is 2. The predicted octanol–water partition coefficient (Wildman–Crippen LogP) is 3.55. The molecule has 0 heterocycles. The second-order valence-electron chi connectivity index (χ2n) is 4.77. The van der Waals surface area contributed by atoms with Crippen LogP contribution in [0.2, 0.25) is 0 Å². The first kappa shape index (κ1) is 15.0. The van der Waals surface area contributed by atoms with Crippen molar-refractivity contribution < 1.29 is 18.7 Å². The molecule has 21 heavy (non-hydrogen) atoms. The number of anilines is 1. The van der Waals surface area contributed by atoms with Gasteiger partial charge >= 0.3 is 0 Å². The number of carbonyl (C=O) groups excluding carboxylic acids is 1. The second-order valence-corrected chi connectivity index (χ2v) is 4.77. The van der Waals surface area contributed by atoms with Gasteiger partial charge in [0.1, 0.15) is 17.4 Å². The Bertz CT molecular complexity index is 651. The maximum absolute atomic E-state index is 13.4. The molecule has 5 heteroatoms. The van der Waals surface area contributed by atoms with E-state index in [1.54, 1.807) is 12.1 Å². The van der Waals surface area contributed by atoms with Crippen molar-refractivity contribution in [1.29, 1.82) is 0 Å². The van der Waals surface area contributed by atoms with Crippen LogP contribution in [0.25, 0.3) is 0 Å². The van der Waals surface area contributed by atoms with Crippen molar-refractivity contribution in [3.05, 3.63) is 59.2 Å². The molecule has 0 aromatic heterocycles. The molecule has 2 aromatic carbocycles. The average molecular weight is 291 g/mol. The van der Waals surface area contributed by atoms with Crippen LogP contribution in [-0.4, -0.2) is 11.0 Å². The Morgan fingerprint density at radius 2 is 1.86 bits per heavy atom. The third-order valence-electron chi connectivity index (χ3n) is 3.09. The molecule has 110 valence electrons. The lowest BCUT2D eigenvalue weighted by Gasteiger charge is -2.09. The van der Waals surface area contributed by atoms with E-state index >= 15 is 0 Å². The number of phenols is 1. The minimum Gasteiger partial charge on any atom is -0.506 e. The summed E-state index contributed by atoms with van der Waals surface area (Å²) in [6.07, 6.45) is -0.123. The number of carbonyl (C=O) groups is 1. The fourth-order valence-electron chi connectivity index (χ4n) is 1.97. The first-order valence-electron chi connectivity index (χ1n) is 6.49. The monoisotopic (exact) mass is 291 g/mol. The standard InChI is InChI=1S/C16H15F2NO2/c1-10-5-7-15(20)14(9-10)19-16(21)8-6-11-12(17)3-2-4-13(11)18/h2-5,7,9,20H,6,8H2,1H3,(H,19,21). The molecule has 0 aliphatic heterocycles. The summed E-state index contributed by atoms with van der Waals surface area (Å²) in [5.41, 5.74) is 1.05. The Balaban J connectivity index is 2.01. The van der Waals surface area contributed by atoms with E-state index in [1.807, 2.05) is 6.92 Å². The van der Waals surface area contributed by atoms with Gasteiger partial charge in [-0.05, 0) is 43.2 Å². The van der Waals surface area contributed by atoms with Crippen molar-refractivity contribution in [3.8, 4) is 5.75 Å². The second kappa shape index (κ2) is 6.35. The molecule has 0 fully saturated rings. The number of aryl methyl sites for hydroxylation is 1. The molecule has 0 spiro atoms. The SMILES string of the molecule is Cc1ccc(O)c(NC(=O)CCc2c(F)cccc2F)c1. The van der Waals surface area contributed by atoms with Crippen molar-refractivity contribution in [3.63, 3.8) is 0 Å². The zero-order valence-corrected chi connectivity index (χ0v) is 11.5. The van der Waals surface area contributed by atoms with Gasteiger partial charge in [-0.3, -0.25) is 4.79 Å². The molecule has 0 aliphatic carbocycles. The summed E-state index contributed by atoms with van der Waals surface area (Å²) < 4.78 is 26.9. The van der Waals surface area contributed by atoms with Gasteiger partial charge in [-0.1, -0.05) is 12.1 Å². The van der Waals surface area contributed by atoms with E-state index in [-0.39, 0.29) is 29.8 Å². The maximum atomic E-state index is 13.4. The normalized spacial score (nSPS) is 10.4. The lowest BCUT2D eigenvalue weighted by Crippen LogP contribution is -2.13. The molecule has 0 bridgehead atoms. The zero-order valence-electron chi connectivity index (χ0n) is 11.5. The van der Waals surface area contributed by atoms with E-state index in [0.717, 1.165) is 17.7 Å². The third-order valence-corrected chi connectivity index (χ3v) is 3.09. The highest BCUT2D eigenvalue weighted by atomic mass is 19.1. The lowest BCUT2D eigenvalue weighted by atomic mass is 10.1. The summed E-state index contributed by atoms with van der Waals surface area (Å²) in [4.78, 5) is 11.8. The summed E-state index contributed by atoms with van der Waals surface area (Å²) >= 11 is 0. The van der Waals surface area contributed by atoms with Crippen molar-refractivity contribution in [2.45, 2.75) is 19.8 Å². The Morgan fingerprint density at radius 3 is 2.52 bits per heavy atom. The Labute approximate surface area is 121 Å². The van der Waals surface area contributed by atoms with E-state index in [2.05, 4.69) is 5.32 Å². The van der Waals surface area contributed by atoms with Crippen LogP contribution in [0.15, 0.2) is 36.4 Å². The molecule has 0 saturated carbocycles.